The predicted octanol–water partition coefficient (Wildman–Crippen LogP) is 2.13. The number of ether oxygens (including phenoxy) is 1. The third-order valence-electron chi connectivity index (χ3n) is 4.05. The lowest BCUT2D eigenvalue weighted by Crippen LogP contribution is -2.33. The van der Waals surface area contributed by atoms with E-state index in [0.717, 1.165) is 43.3 Å². The number of hydrogen-bond acceptors (Lipinski definition) is 4. The summed E-state index contributed by atoms with van der Waals surface area (Å²) in [6.07, 6.45) is 4.78. The standard InChI is InChI=1S/C17H27N3O2/c1-13(21)20-16-6-8-17(9-7-16)22-11-10-19-12-14-2-4-15(18)5-3-14/h6-9,14-15,19H,2-5,10-12,18H2,1H3,(H,20,21). The zero-order valence-corrected chi connectivity index (χ0v) is 13.3. The number of carbonyl (C=O) groups excluding carboxylic acids is 1. The summed E-state index contributed by atoms with van der Waals surface area (Å²) in [6.45, 7) is 4.04. The van der Waals surface area contributed by atoms with E-state index in [1.165, 1.54) is 19.8 Å². The first-order valence-corrected chi connectivity index (χ1v) is 8.10. The van der Waals surface area contributed by atoms with E-state index in [0.29, 0.717) is 12.6 Å². The monoisotopic (exact) mass is 305 g/mol. The number of benzene rings is 1. The summed E-state index contributed by atoms with van der Waals surface area (Å²) in [7, 11) is 0. The van der Waals surface area contributed by atoms with Gasteiger partial charge < -0.3 is 21.1 Å². The van der Waals surface area contributed by atoms with Crippen LogP contribution in [0.4, 0.5) is 5.69 Å². The second-order valence-electron chi connectivity index (χ2n) is 6.04. The van der Waals surface area contributed by atoms with E-state index >= 15 is 0 Å². The van der Waals surface area contributed by atoms with Crippen molar-refractivity contribution in [1.82, 2.24) is 5.32 Å². The van der Waals surface area contributed by atoms with Crippen LogP contribution in [0.5, 0.6) is 5.75 Å². The molecule has 1 aromatic carbocycles. The van der Waals surface area contributed by atoms with E-state index in [4.69, 9.17) is 10.5 Å². The van der Waals surface area contributed by atoms with Crippen molar-refractivity contribution in [2.24, 2.45) is 11.7 Å². The van der Waals surface area contributed by atoms with Crippen molar-refractivity contribution in [2.75, 3.05) is 25.0 Å². The Morgan fingerprint density at radius 1 is 1.23 bits per heavy atom. The Balaban J connectivity index is 1.57. The molecule has 5 nitrogen and oxygen atoms in total. The van der Waals surface area contributed by atoms with Gasteiger partial charge in [-0.2, -0.15) is 0 Å². The van der Waals surface area contributed by atoms with Crippen LogP contribution in [-0.2, 0) is 4.79 Å². The average Bonchev–Trinajstić information content (AvgIpc) is 2.50. The fourth-order valence-electron chi connectivity index (χ4n) is 2.78. The van der Waals surface area contributed by atoms with Crippen molar-refractivity contribution in [2.45, 2.75) is 38.6 Å². The summed E-state index contributed by atoms with van der Waals surface area (Å²) in [5, 5.41) is 6.19. The van der Waals surface area contributed by atoms with E-state index in [9.17, 15) is 4.79 Å². The van der Waals surface area contributed by atoms with Crippen molar-refractivity contribution < 1.29 is 9.53 Å². The Hall–Kier alpha value is -1.59. The summed E-state index contributed by atoms with van der Waals surface area (Å²) in [4.78, 5) is 10.9. The van der Waals surface area contributed by atoms with Crippen molar-refractivity contribution in [1.29, 1.82) is 0 Å². The molecular weight excluding hydrogens is 278 g/mol. The lowest BCUT2D eigenvalue weighted by Gasteiger charge is -2.26. The van der Waals surface area contributed by atoms with Crippen LogP contribution in [0.25, 0.3) is 0 Å². The summed E-state index contributed by atoms with van der Waals surface area (Å²) in [6, 6.07) is 7.84. The molecule has 1 fully saturated rings. The van der Waals surface area contributed by atoms with E-state index in [2.05, 4.69) is 10.6 Å². The van der Waals surface area contributed by atoms with E-state index in [1.54, 1.807) is 0 Å². The van der Waals surface area contributed by atoms with Gasteiger partial charge in [0.2, 0.25) is 5.91 Å². The second-order valence-corrected chi connectivity index (χ2v) is 6.04. The molecule has 0 aromatic heterocycles. The van der Waals surface area contributed by atoms with Crippen LogP contribution in [0.15, 0.2) is 24.3 Å². The molecule has 1 aliphatic carbocycles. The largest absolute Gasteiger partial charge is 0.492 e. The molecule has 0 unspecified atom stereocenters. The molecule has 0 spiro atoms. The zero-order valence-electron chi connectivity index (χ0n) is 13.3. The van der Waals surface area contributed by atoms with Crippen molar-refractivity contribution in [3.8, 4) is 5.75 Å². The number of amides is 1. The van der Waals surface area contributed by atoms with Crippen LogP contribution in [0, 0.1) is 5.92 Å². The highest BCUT2D eigenvalue weighted by atomic mass is 16.5. The van der Waals surface area contributed by atoms with Gasteiger partial charge in [0.05, 0.1) is 0 Å². The third-order valence-corrected chi connectivity index (χ3v) is 4.05. The molecule has 0 atom stereocenters. The van der Waals surface area contributed by atoms with E-state index < -0.39 is 0 Å². The predicted molar refractivity (Wildman–Crippen MR) is 89.0 cm³/mol. The molecule has 122 valence electrons. The van der Waals surface area contributed by atoms with Crippen molar-refractivity contribution in [3.63, 3.8) is 0 Å². The molecule has 2 rings (SSSR count). The van der Waals surface area contributed by atoms with Gasteiger partial charge in [-0.15, -0.1) is 0 Å². The zero-order chi connectivity index (χ0) is 15.8. The lowest BCUT2D eigenvalue weighted by molar-refractivity contribution is -0.114. The van der Waals surface area contributed by atoms with Crippen LogP contribution in [0.2, 0.25) is 0 Å². The Labute approximate surface area is 132 Å². The van der Waals surface area contributed by atoms with Gasteiger partial charge in [0, 0.05) is 25.2 Å². The van der Waals surface area contributed by atoms with Gasteiger partial charge in [0.25, 0.3) is 0 Å². The van der Waals surface area contributed by atoms with Crippen LogP contribution >= 0.6 is 0 Å². The van der Waals surface area contributed by atoms with Gasteiger partial charge in [0.15, 0.2) is 0 Å². The van der Waals surface area contributed by atoms with E-state index in [1.807, 2.05) is 24.3 Å². The fraction of sp³-hybridized carbons (Fsp3) is 0.588. The van der Waals surface area contributed by atoms with Crippen LogP contribution in [0.1, 0.15) is 32.6 Å². The fourth-order valence-corrected chi connectivity index (χ4v) is 2.78. The highest BCUT2D eigenvalue weighted by molar-refractivity contribution is 5.88. The maximum Gasteiger partial charge on any atom is 0.221 e. The summed E-state index contributed by atoms with van der Waals surface area (Å²) < 4.78 is 5.68. The Morgan fingerprint density at radius 2 is 1.91 bits per heavy atom. The average molecular weight is 305 g/mol. The number of anilines is 1. The minimum Gasteiger partial charge on any atom is -0.492 e. The number of hydrogen-bond donors (Lipinski definition) is 3. The molecule has 1 amide bonds. The Kier molecular flexibility index (Phi) is 6.68. The van der Waals surface area contributed by atoms with Gasteiger partial charge in [-0.25, -0.2) is 0 Å². The molecule has 4 N–H and O–H groups in total. The van der Waals surface area contributed by atoms with Crippen molar-refractivity contribution >= 4 is 11.6 Å². The highest BCUT2D eigenvalue weighted by Gasteiger charge is 2.17. The molecule has 0 heterocycles. The van der Waals surface area contributed by atoms with Gasteiger partial charge in [-0.05, 0) is 62.4 Å². The first-order valence-electron chi connectivity index (χ1n) is 8.10. The normalized spacial score (nSPS) is 21.4. The third kappa shape index (κ3) is 6.03. The maximum absolute atomic E-state index is 10.9. The Morgan fingerprint density at radius 3 is 2.55 bits per heavy atom. The minimum atomic E-state index is -0.0680. The molecule has 1 aliphatic rings. The minimum absolute atomic E-state index is 0.0680. The molecule has 0 bridgehead atoms. The summed E-state index contributed by atoms with van der Waals surface area (Å²) in [5.41, 5.74) is 6.70. The molecule has 0 radical (unpaired) electrons. The summed E-state index contributed by atoms with van der Waals surface area (Å²) >= 11 is 0. The molecule has 1 saturated carbocycles. The highest BCUT2D eigenvalue weighted by Crippen LogP contribution is 2.22. The second kappa shape index (κ2) is 8.76. The smallest absolute Gasteiger partial charge is 0.221 e. The van der Waals surface area contributed by atoms with Gasteiger partial charge in [0.1, 0.15) is 12.4 Å². The van der Waals surface area contributed by atoms with Gasteiger partial charge in [-0.1, -0.05) is 0 Å². The Bertz CT molecular complexity index is 453. The molecule has 0 saturated heterocycles. The quantitative estimate of drug-likeness (QED) is 0.675. The first kappa shape index (κ1) is 16.8. The van der Waals surface area contributed by atoms with Crippen LogP contribution in [-0.4, -0.2) is 31.6 Å². The van der Waals surface area contributed by atoms with Gasteiger partial charge >= 0.3 is 0 Å². The summed E-state index contributed by atoms with van der Waals surface area (Å²) in [5.74, 6) is 1.51. The topological polar surface area (TPSA) is 76.4 Å². The number of carbonyl (C=O) groups is 1. The molecule has 22 heavy (non-hydrogen) atoms. The first-order chi connectivity index (χ1) is 10.6. The van der Waals surface area contributed by atoms with E-state index in [-0.39, 0.29) is 5.91 Å². The number of rotatable bonds is 7. The van der Waals surface area contributed by atoms with Gasteiger partial charge in [-0.3, -0.25) is 4.79 Å². The molecule has 1 aromatic rings. The number of nitrogens with one attached hydrogen (secondary N) is 2. The van der Waals surface area contributed by atoms with Crippen LogP contribution in [0.3, 0.4) is 0 Å². The maximum atomic E-state index is 10.9. The SMILES string of the molecule is CC(=O)Nc1ccc(OCCNCC2CCC(N)CC2)cc1. The van der Waals surface area contributed by atoms with Crippen LogP contribution < -0.4 is 21.1 Å². The van der Waals surface area contributed by atoms with Crippen molar-refractivity contribution in [3.05, 3.63) is 24.3 Å². The molecular formula is C17H27N3O2. The lowest BCUT2D eigenvalue weighted by atomic mass is 9.86. The molecule has 0 aliphatic heterocycles. The molecule has 5 heteroatoms. The number of nitrogens with two attached hydrogens (primary N) is 1.